The van der Waals surface area contributed by atoms with Gasteiger partial charge in [-0.2, -0.15) is 5.10 Å². The second-order valence-electron chi connectivity index (χ2n) is 5.52. The van der Waals surface area contributed by atoms with E-state index < -0.39 is 0 Å². The van der Waals surface area contributed by atoms with Crippen LogP contribution in [0.15, 0.2) is 53.6 Å². The lowest BCUT2D eigenvalue weighted by atomic mass is 10.1. The predicted molar refractivity (Wildman–Crippen MR) is 87.7 cm³/mol. The smallest absolute Gasteiger partial charge is 0.243 e. The first-order chi connectivity index (χ1) is 11.2. The monoisotopic (exact) mass is 310 g/mol. The molecule has 0 heterocycles. The molecular weight excluding hydrogens is 292 g/mol. The average molecular weight is 310 g/mol. The van der Waals surface area contributed by atoms with Gasteiger partial charge >= 0.3 is 0 Å². The molecule has 0 spiro atoms. The van der Waals surface area contributed by atoms with Gasteiger partial charge in [-0.3, -0.25) is 4.79 Å². The van der Waals surface area contributed by atoms with Gasteiger partial charge in [0.05, 0.1) is 13.3 Å². The maximum absolute atomic E-state index is 12.1. The number of aromatic hydroxyl groups is 1. The van der Waals surface area contributed by atoms with Crippen LogP contribution in [-0.2, 0) is 4.79 Å². The van der Waals surface area contributed by atoms with Crippen LogP contribution in [0.4, 0.5) is 0 Å². The number of rotatable bonds is 5. The van der Waals surface area contributed by atoms with Crippen molar-refractivity contribution < 1.29 is 14.6 Å². The number of benzene rings is 2. The van der Waals surface area contributed by atoms with Gasteiger partial charge in [0.15, 0.2) is 11.5 Å². The number of carbonyl (C=O) groups excluding carboxylic acids is 1. The first-order valence-corrected chi connectivity index (χ1v) is 7.44. The molecule has 0 aliphatic heterocycles. The Bertz CT molecular complexity index is 728. The summed E-state index contributed by atoms with van der Waals surface area (Å²) in [6.07, 6.45) is 2.35. The van der Waals surface area contributed by atoms with E-state index in [0.29, 0.717) is 11.3 Å². The Balaban J connectivity index is 1.55. The third-order valence-corrected chi connectivity index (χ3v) is 3.95. The Hall–Kier alpha value is -2.82. The zero-order chi connectivity index (χ0) is 16.2. The minimum Gasteiger partial charge on any atom is -0.504 e. The molecule has 1 amide bonds. The number of hydrogen-bond donors (Lipinski definition) is 2. The van der Waals surface area contributed by atoms with Crippen molar-refractivity contribution in [3.8, 4) is 11.5 Å². The highest BCUT2D eigenvalue weighted by atomic mass is 16.5. The third kappa shape index (κ3) is 3.51. The number of nitrogens with zero attached hydrogens (tertiary/aromatic N) is 1. The van der Waals surface area contributed by atoms with Gasteiger partial charge < -0.3 is 9.84 Å². The first-order valence-electron chi connectivity index (χ1n) is 7.44. The maximum Gasteiger partial charge on any atom is 0.243 e. The largest absolute Gasteiger partial charge is 0.504 e. The van der Waals surface area contributed by atoms with E-state index >= 15 is 0 Å². The molecule has 0 saturated heterocycles. The van der Waals surface area contributed by atoms with E-state index in [0.717, 1.165) is 6.42 Å². The van der Waals surface area contributed by atoms with E-state index in [1.807, 2.05) is 30.3 Å². The standard InChI is InChI=1S/C18H18N2O3/c1-23-17-8-7-12(9-16(17)21)11-19-20-18(22)15-10-14(15)13-5-3-2-4-6-13/h2-9,11,14-15,21H,10H2,1H3,(H,20,22)/b19-11+. The summed E-state index contributed by atoms with van der Waals surface area (Å²) in [6.45, 7) is 0. The van der Waals surface area contributed by atoms with Crippen LogP contribution in [0, 0.1) is 5.92 Å². The Kier molecular flexibility index (Phi) is 4.28. The van der Waals surface area contributed by atoms with Gasteiger partial charge in [0, 0.05) is 5.92 Å². The minimum absolute atomic E-state index is 0.0150. The molecule has 5 heteroatoms. The molecule has 1 saturated carbocycles. The van der Waals surface area contributed by atoms with Gasteiger partial charge in [-0.15, -0.1) is 0 Å². The molecule has 1 aliphatic carbocycles. The fraction of sp³-hybridized carbons (Fsp3) is 0.222. The molecule has 118 valence electrons. The molecular formula is C18H18N2O3. The molecule has 0 bridgehead atoms. The van der Waals surface area contributed by atoms with Gasteiger partial charge in [-0.25, -0.2) is 5.43 Å². The zero-order valence-electron chi connectivity index (χ0n) is 12.8. The van der Waals surface area contributed by atoms with Crippen LogP contribution in [0.2, 0.25) is 0 Å². The number of methoxy groups -OCH3 is 1. The SMILES string of the molecule is COc1ccc(/C=N/NC(=O)C2CC2c2ccccc2)cc1O. The summed E-state index contributed by atoms with van der Waals surface area (Å²) in [5, 5.41) is 13.6. The summed E-state index contributed by atoms with van der Waals surface area (Å²) in [4.78, 5) is 12.1. The highest BCUT2D eigenvalue weighted by Crippen LogP contribution is 2.47. The molecule has 5 nitrogen and oxygen atoms in total. The Morgan fingerprint density at radius 3 is 2.78 bits per heavy atom. The molecule has 3 rings (SSSR count). The molecule has 23 heavy (non-hydrogen) atoms. The molecule has 2 unspecified atom stereocenters. The quantitative estimate of drug-likeness (QED) is 0.659. The highest BCUT2D eigenvalue weighted by molar-refractivity contribution is 5.86. The van der Waals surface area contributed by atoms with E-state index in [-0.39, 0.29) is 23.5 Å². The lowest BCUT2D eigenvalue weighted by molar-refractivity contribution is -0.122. The molecule has 1 fully saturated rings. The van der Waals surface area contributed by atoms with Crippen molar-refractivity contribution in [3.05, 3.63) is 59.7 Å². The van der Waals surface area contributed by atoms with Crippen LogP contribution in [0.3, 0.4) is 0 Å². The Labute approximate surface area is 134 Å². The maximum atomic E-state index is 12.1. The number of phenolic OH excluding ortho intramolecular Hbond substituents is 1. The van der Waals surface area contributed by atoms with Crippen molar-refractivity contribution in [3.63, 3.8) is 0 Å². The second kappa shape index (κ2) is 6.52. The lowest BCUT2D eigenvalue weighted by Crippen LogP contribution is -2.20. The van der Waals surface area contributed by atoms with E-state index in [1.54, 1.807) is 12.1 Å². The highest BCUT2D eigenvalue weighted by Gasteiger charge is 2.43. The predicted octanol–water partition coefficient (Wildman–Crippen LogP) is 2.65. The molecule has 2 aromatic carbocycles. The lowest BCUT2D eigenvalue weighted by Gasteiger charge is -2.03. The van der Waals surface area contributed by atoms with Crippen LogP contribution >= 0.6 is 0 Å². The van der Waals surface area contributed by atoms with Gasteiger partial charge in [0.25, 0.3) is 0 Å². The molecule has 2 aromatic rings. The van der Waals surface area contributed by atoms with E-state index in [9.17, 15) is 9.90 Å². The minimum atomic E-state index is -0.0761. The fourth-order valence-corrected chi connectivity index (χ4v) is 2.59. The number of carbonyl (C=O) groups is 1. The van der Waals surface area contributed by atoms with Crippen LogP contribution in [0.5, 0.6) is 11.5 Å². The number of phenols is 1. The van der Waals surface area contributed by atoms with Crippen LogP contribution in [0.25, 0.3) is 0 Å². The number of ether oxygens (including phenoxy) is 1. The number of nitrogens with one attached hydrogen (secondary N) is 1. The summed E-state index contributed by atoms with van der Waals surface area (Å²) in [6, 6.07) is 14.9. The van der Waals surface area contributed by atoms with Gasteiger partial charge in [-0.05, 0) is 41.7 Å². The van der Waals surface area contributed by atoms with Crippen LogP contribution in [-0.4, -0.2) is 24.3 Å². The number of hydrogen-bond acceptors (Lipinski definition) is 4. The van der Waals surface area contributed by atoms with Gasteiger partial charge in [-0.1, -0.05) is 30.3 Å². The molecule has 2 N–H and O–H groups in total. The van der Waals surface area contributed by atoms with Crippen LogP contribution in [0.1, 0.15) is 23.5 Å². The van der Waals surface area contributed by atoms with Crippen molar-refractivity contribution >= 4 is 12.1 Å². The van der Waals surface area contributed by atoms with Crippen LogP contribution < -0.4 is 10.2 Å². The average Bonchev–Trinajstić information content (AvgIpc) is 3.36. The molecule has 0 aromatic heterocycles. The zero-order valence-corrected chi connectivity index (χ0v) is 12.8. The molecule has 1 aliphatic rings. The van der Waals surface area contributed by atoms with E-state index in [1.165, 1.54) is 25.0 Å². The summed E-state index contributed by atoms with van der Waals surface area (Å²) in [5.41, 5.74) is 4.43. The normalized spacial score (nSPS) is 19.5. The molecule has 0 radical (unpaired) electrons. The summed E-state index contributed by atoms with van der Waals surface area (Å²) in [5.74, 6) is 0.632. The van der Waals surface area contributed by atoms with Crippen molar-refractivity contribution in [2.75, 3.05) is 7.11 Å². The third-order valence-electron chi connectivity index (χ3n) is 3.95. The second-order valence-corrected chi connectivity index (χ2v) is 5.52. The first kappa shape index (κ1) is 15.1. The van der Waals surface area contributed by atoms with E-state index in [4.69, 9.17) is 4.74 Å². The number of amides is 1. The van der Waals surface area contributed by atoms with E-state index in [2.05, 4.69) is 10.5 Å². The summed E-state index contributed by atoms with van der Waals surface area (Å²) >= 11 is 0. The van der Waals surface area contributed by atoms with Crippen molar-refractivity contribution in [1.29, 1.82) is 0 Å². The number of hydrazone groups is 1. The van der Waals surface area contributed by atoms with Crippen molar-refractivity contribution in [2.45, 2.75) is 12.3 Å². The fourth-order valence-electron chi connectivity index (χ4n) is 2.59. The summed E-state index contributed by atoms with van der Waals surface area (Å²) < 4.78 is 4.97. The Morgan fingerprint density at radius 2 is 2.09 bits per heavy atom. The molecule has 2 atom stereocenters. The Morgan fingerprint density at radius 1 is 1.30 bits per heavy atom. The van der Waals surface area contributed by atoms with Crippen molar-refractivity contribution in [2.24, 2.45) is 11.0 Å². The topological polar surface area (TPSA) is 70.9 Å². The van der Waals surface area contributed by atoms with Crippen molar-refractivity contribution in [1.82, 2.24) is 5.43 Å². The van der Waals surface area contributed by atoms with Gasteiger partial charge in [0.2, 0.25) is 5.91 Å². The summed E-state index contributed by atoms with van der Waals surface area (Å²) in [7, 11) is 1.49. The van der Waals surface area contributed by atoms with Gasteiger partial charge in [0.1, 0.15) is 0 Å².